The van der Waals surface area contributed by atoms with E-state index in [4.69, 9.17) is 11.5 Å². The highest BCUT2D eigenvalue weighted by Crippen LogP contribution is 2.13. The molecule has 0 unspecified atom stereocenters. The molecule has 1 amide bonds. The molecule has 7 heteroatoms. The Hall–Kier alpha value is -1.60. The summed E-state index contributed by atoms with van der Waals surface area (Å²) in [5.74, 6) is -0.689. The number of amides is 1. The smallest absolute Gasteiger partial charge is 0.232 e. The summed E-state index contributed by atoms with van der Waals surface area (Å²) < 4.78 is 25.2. The average molecular weight is 285 g/mol. The molecule has 4 N–H and O–H groups in total. The number of carbonyl (C=O) groups excluding carboxylic acids is 1. The molecule has 0 heterocycles. The number of anilines is 1. The Labute approximate surface area is 113 Å². The summed E-state index contributed by atoms with van der Waals surface area (Å²) in [6.07, 6.45) is 0.481. The Bertz CT molecular complexity index is 543. The van der Waals surface area contributed by atoms with Crippen LogP contribution in [0.2, 0.25) is 0 Å². The number of nitrogen functional groups attached to an aromatic ring is 1. The zero-order valence-corrected chi connectivity index (χ0v) is 11.7. The first-order valence-corrected chi connectivity index (χ1v) is 7.56. The summed E-state index contributed by atoms with van der Waals surface area (Å²) in [6, 6.07) is 6.88. The van der Waals surface area contributed by atoms with Crippen LogP contribution in [0.3, 0.4) is 0 Å². The van der Waals surface area contributed by atoms with E-state index in [1.54, 1.807) is 31.2 Å². The molecule has 0 atom stereocenters. The van der Waals surface area contributed by atoms with Crippen molar-refractivity contribution in [2.24, 2.45) is 5.73 Å². The van der Waals surface area contributed by atoms with Crippen LogP contribution in [0.4, 0.5) is 5.69 Å². The minimum Gasteiger partial charge on any atom is -0.399 e. The van der Waals surface area contributed by atoms with E-state index in [0.717, 1.165) is 9.87 Å². The number of nitrogens with two attached hydrogens (primary N) is 2. The molecular weight excluding hydrogens is 266 g/mol. The van der Waals surface area contributed by atoms with Crippen molar-refractivity contribution in [2.45, 2.75) is 19.9 Å². The molecule has 6 nitrogen and oxygen atoms in total. The molecule has 0 radical (unpaired) electrons. The number of rotatable bonds is 7. The van der Waals surface area contributed by atoms with E-state index in [1.165, 1.54) is 0 Å². The van der Waals surface area contributed by atoms with Crippen LogP contribution in [-0.4, -0.2) is 30.9 Å². The van der Waals surface area contributed by atoms with Gasteiger partial charge >= 0.3 is 0 Å². The van der Waals surface area contributed by atoms with Gasteiger partial charge in [-0.1, -0.05) is 19.1 Å². The predicted molar refractivity (Wildman–Crippen MR) is 74.5 cm³/mol. The highest BCUT2D eigenvalue weighted by atomic mass is 32.2. The van der Waals surface area contributed by atoms with Crippen LogP contribution >= 0.6 is 0 Å². The van der Waals surface area contributed by atoms with Gasteiger partial charge in [-0.2, -0.15) is 4.31 Å². The van der Waals surface area contributed by atoms with Gasteiger partial charge in [0.15, 0.2) is 0 Å². The third kappa shape index (κ3) is 4.88. The number of nitrogens with zero attached hydrogens (tertiary/aromatic N) is 1. The normalized spacial score (nSPS) is 11.7. The topological polar surface area (TPSA) is 106 Å². The number of carbonyl (C=O) groups is 1. The highest BCUT2D eigenvalue weighted by molar-refractivity contribution is 7.89. The van der Waals surface area contributed by atoms with Gasteiger partial charge in [-0.3, -0.25) is 4.79 Å². The van der Waals surface area contributed by atoms with Crippen molar-refractivity contribution in [3.63, 3.8) is 0 Å². The Morgan fingerprint density at radius 1 is 1.37 bits per heavy atom. The van der Waals surface area contributed by atoms with Gasteiger partial charge in [-0.25, -0.2) is 8.42 Å². The lowest BCUT2D eigenvalue weighted by molar-refractivity contribution is -0.118. The zero-order chi connectivity index (χ0) is 14.5. The second-order valence-corrected chi connectivity index (χ2v) is 6.38. The Balaban J connectivity index is 2.95. The molecule has 19 heavy (non-hydrogen) atoms. The van der Waals surface area contributed by atoms with Crippen molar-refractivity contribution in [2.75, 3.05) is 18.0 Å². The maximum atomic E-state index is 12.0. The Morgan fingerprint density at radius 3 is 2.58 bits per heavy atom. The minimum absolute atomic E-state index is 0.0113. The first-order valence-electron chi connectivity index (χ1n) is 5.95. The maximum absolute atomic E-state index is 12.0. The second-order valence-electron chi connectivity index (χ2n) is 4.30. The van der Waals surface area contributed by atoms with E-state index in [0.29, 0.717) is 12.1 Å². The van der Waals surface area contributed by atoms with Crippen molar-refractivity contribution in [1.82, 2.24) is 4.31 Å². The van der Waals surface area contributed by atoms with E-state index in [-0.39, 0.29) is 18.8 Å². The summed E-state index contributed by atoms with van der Waals surface area (Å²) in [5, 5.41) is 0. The third-order valence-electron chi connectivity index (χ3n) is 2.50. The predicted octanol–water partition coefficient (Wildman–Crippen LogP) is 0.296. The molecular formula is C12H19N3O3S. The summed E-state index contributed by atoms with van der Waals surface area (Å²) in [4.78, 5) is 11.0. The van der Waals surface area contributed by atoms with Gasteiger partial charge in [0, 0.05) is 12.2 Å². The van der Waals surface area contributed by atoms with Gasteiger partial charge in [0.05, 0.1) is 12.3 Å². The van der Waals surface area contributed by atoms with E-state index in [9.17, 15) is 13.2 Å². The van der Waals surface area contributed by atoms with Crippen molar-refractivity contribution in [3.05, 3.63) is 29.8 Å². The summed E-state index contributed by atoms with van der Waals surface area (Å²) in [5.41, 5.74) is 12.0. The molecule has 0 aliphatic rings. The minimum atomic E-state index is -3.49. The van der Waals surface area contributed by atoms with Crippen LogP contribution in [0, 0.1) is 0 Å². The van der Waals surface area contributed by atoms with Gasteiger partial charge < -0.3 is 11.5 Å². The number of hydrogen-bond acceptors (Lipinski definition) is 4. The average Bonchev–Trinajstić information content (AvgIpc) is 2.27. The Morgan fingerprint density at radius 2 is 2.05 bits per heavy atom. The van der Waals surface area contributed by atoms with Crippen LogP contribution in [0.15, 0.2) is 24.3 Å². The first kappa shape index (κ1) is 15.5. The van der Waals surface area contributed by atoms with Crippen molar-refractivity contribution in [1.29, 1.82) is 0 Å². The van der Waals surface area contributed by atoms with Gasteiger partial charge in [0.2, 0.25) is 15.9 Å². The van der Waals surface area contributed by atoms with Crippen LogP contribution in [-0.2, 0) is 21.4 Å². The molecule has 0 aromatic heterocycles. The van der Waals surface area contributed by atoms with E-state index in [2.05, 4.69) is 0 Å². The van der Waals surface area contributed by atoms with Gasteiger partial charge in [-0.15, -0.1) is 0 Å². The van der Waals surface area contributed by atoms with Crippen LogP contribution < -0.4 is 11.5 Å². The van der Waals surface area contributed by atoms with Crippen LogP contribution in [0.5, 0.6) is 0 Å². The van der Waals surface area contributed by atoms with E-state index in [1.807, 2.05) is 0 Å². The van der Waals surface area contributed by atoms with E-state index >= 15 is 0 Å². The second kappa shape index (κ2) is 6.53. The number of benzene rings is 1. The molecule has 0 saturated heterocycles. The molecule has 106 valence electrons. The molecule has 0 saturated carbocycles. The fourth-order valence-electron chi connectivity index (χ4n) is 1.71. The molecule has 1 aromatic carbocycles. The largest absolute Gasteiger partial charge is 0.399 e. The molecule has 0 bridgehead atoms. The quantitative estimate of drug-likeness (QED) is 0.702. The van der Waals surface area contributed by atoms with Crippen molar-refractivity contribution < 1.29 is 13.2 Å². The maximum Gasteiger partial charge on any atom is 0.232 e. The zero-order valence-electron chi connectivity index (χ0n) is 10.9. The van der Waals surface area contributed by atoms with Gasteiger partial charge in [0.1, 0.15) is 0 Å². The fraction of sp³-hybridized carbons (Fsp3) is 0.417. The third-order valence-corrected chi connectivity index (χ3v) is 4.47. The van der Waals surface area contributed by atoms with Crippen LogP contribution in [0.25, 0.3) is 0 Å². The molecule has 0 aliphatic carbocycles. The first-order chi connectivity index (χ1) is 8.85. The molecule has 0 spiro atoms. The lowest BCUT2D eigenvalue weighted by Crippen LogP contribution is -2.39. The number of hydrogen-bond donors (Lipinski definition) is 2. The summed E-state index contributed by atoms with van der Waals surface area (Å²) >= 11 is 0. The molecule has 1 aromatic rings. The molecule has 0 fully saturated rings. The lowest BCUT2D eigenvalue weighted by atomic mass is 10.2. The lowest BCUT2D eigenvalue weighted by Gasteiger charge is -2.20. The van der Waals surface area contributed by atoms with Crippen molar-refractivity contribution in [3.8, 4) is 0 Å². The number of primary amides is 1. The number of sulfonamides is 1. The highest BCUT2D eigenvalue weighted by Gasteiger charge is 2.23. The molecule has 1 rings (SSSR count). The summed E-state index contributed by atoms with van der Waals surface area (Å²) in [6.45, 7) is 1.54. The van der Waals surface area contributed by atoms with Crippen molar-refractivity contribution >= 4 is 21.6 Å². The van der Waals surface area contributed by atoms with Crippen LogP contribution in [0.1, 0.15) is 18.9 Å². The Kier molecular flexibility index (Phi) is 5.31. The fourth-order valence-corrected chi connectivity index (χ4v) is 3.15. The monoisotopic (exact) mass is 285 g/mol. The summed E-state index contributed by atoms with van der Waals surface area (Å²) in [7, 11) is -3.49. The van der Waals surface area contributed by atoms with Gasteiger partial charge in [0.25, 0.3) is 0 Å². The van der Waals surface area contributed by atoms with E-state index < -0.39 is 15.9 Å². The molecule has 0 aliphatic heterocycles. The van der Waals surface area contributed by atoms with Gasteiger partial charge in [-0.05, 0) is 24.1 Å². The standard InChI is InChI=1S/C12H19N3O3S/c1-2-6-19(17,18)15(9-12(14)16)8-10-4-3-5-11(13)7-10/h3-5,7H,2,6,8-9,13H2,1H3,(H2,14,16). The SMILES string of the molecule is CCCS(=O)(=O)N(CC(N)=O)Cc1cccc(N)c1.